The second-order valence-electron chi connectivity index (χ2n) is 4.15. The number of halogens is 6. The van der Waals surface area contributed by atoms with Crippen molar-refractivity contribution < 1.29 is 45.4 Å². The summed E-state index contributed by atoms with van der Waals surface area (Å²) in [6.07, 6.45) is -10.3. The number of rotatable bonds is 2. The molecule has 2 rings (SSSR count). The van der Waals surface area contributed by atoms with Crippen molar-refractivity contribution in [2.24, 2.45) is 0 Å². The van der Waals surface area contributed by atoms with Gasteiger partial charge in [-0.2, -0.15) is 13.2 Å². The molecule has 0 amide bonds. The van der Waals surface area contributed by atoms with Gasteiger partial charge in [-0.15, -0.1) is 13.2 Å². The fourth-order valence-electron chi connectivity index (χ4n) is 1.61. The van der Waals surface area contributed by atoms with Gasteiger partial charge in [0.1, 0.15) is 11.4 Å². The average Bonchev–Trinajstić information content (AvgIpc) is 2.78. The molecule has 1 heterocycles. The van der Waals surface area contributed by atoms with E-state index in [1.165, 1.54) is 0 Å². The van der Waals surface area contributed by atoms with Gasteiger partial charge < -0.3 is 14.5 Å². The monoisotopic (exact) mass is 341 g/mol. The summed E-state index contributed by atoms with van der Waals surface area (Å²) in [6.45, 7) is 0. The van der Waals surface area contributed by atoms with Gasteiger partial charge in [0.05, 0.1) is 0 Å². The highest BCUT2D eigenvalue weighted by atomic mass is 19.4. The van der Waals surface area contributed by atoms with Crippen LogP contribution in [0.1, 0.15) is 10.5 Å². The van der Waals surface area contributed by atoms with Crippen molar-refractivity contribution >= 4 is 22.8 Å². The molecule has 0 aliphatic rings. The number of hydrogen-bond acceptors (Lipinski definition) is 4. The first kappa shape index (κ1) is 16.6. The third-order valence-corrected chi connectivity index (χ3v) is 2.46. The predicted octanol–water partition coefficient (Wildman–Crippen LogP) is 3.31. The Labute approximate surface area is 122 Å². The van der Waals surface area contributed by atoms with Crippen molar-refractivity contribution in [2.45, 2.75) is 12.5 Å². The number of carbonyl (C=O) groups excluding carboxylic acids is 2. The van der Waals surface area contributed by atoms with E-state index in [0.29, 0.717) is 0 Å². The van der Waals surface area contributed by atoms with Gasteiger partial charge in [-0.3, -0.25) is 0 Å². The molecule has 0 atom stereocenters. The van der Waals surface area contributed by atoms with Gasteiger partial charge in [-0.1, -0.05) is 0 Å². The van der Waals surface area contributed by atoms with Gasteiger partial charge in [-0.25, -0.2) is 9.59 Å². The molecule has 124 valence electrons. The average molecular weight is 341 g/mol. The molecule has 1 aromatic heterocycles. The normalized spacial score (nSPS) is 12.3. The fourth-order valence-corrected chi connectivity index (χ4v) is 1.61. The molecule has 0 unspecified atom stereocenters. The summed E-state index contributed by atoms with van der Waals surface area (Å²) in [5, 5.41) is 0.0400. The zero-order valence-corrected chi connectivity index (χ0v) is 10.7. The molecule has 0 aliphatic carbocycles. The number of carbonyl (C=O) groups is 2. The topological polar surface area (TPSA) is 68.4 Å². The molecule has 11 heteroatoms. The summed E-state index contributed by atoms with van der Waals surface area (Å²) >= 11 is 0. The number of esters is 2. The Morgan fingerprint density at radius 2 is 1.65 bits per heavy atom. The fraction of sp³-hybridized carbons (Fsp3) is 0.167. The van der Waals surface area contributed by atoms with Crippen molar-refractivity contribution in [3.8, 4) is 5.75 Å². The van der Waals surface area contributed by atoms with Crippen molar-refractivity contribution in [1.29, 1.82) is 0 Å². The summed E-state index contributed by atoms with van der Waals surface area (Å²) in [5.74, 6) is -4.92. The van der Waals surface area contributed by atoms with E-state index in [1.807, 2.05) is 0 Å². The molecule has 0 fully saturated rings. The van der Waals surface area contributed by atoms with Gasteiger partial charge in [-0.05, 0) is 24.3 Å². The van der Waals surface area contributed by atoms with E-state index in [-0.39, 0.29) is 10.9 Å². The van der Waals surface area contributed by atoms with Crippen LogP contribution in [-0.2, 0) is 9.53 Å². The van der Waals surface area contributed by atoms with Crippen LogP contribution in [0.4, 0.5) is 26.3 Å². The Morgan fingerprint density at radius 3 is 2.22 bits per heavy atom. The number of nitrogens with one attached hydrogen (secondary N) is 1. The van der Waals surface area contributed by atoms with Gasteiger partial charge in [0.2, 0.25) is 0 Å². The highest BCUT2D eigenvalue weighted by Gasteiger charge is 2.42. The van der Waals surface area contributed by atoms with Crippen molar-refractivity contribution in [2.75, 3.05) is 0 Å². The number of benzene rings is 1. The molecule has 0 radical (unpaired) electrons. The Bertz CT molecular complexity index is 761. The first-order valence-corrected chi connectivity index (χ1v) is 5.67. The summed E-state index contributed by atoms with van der Waals surface area (Å²) < 4.78 is 79.4. The maximum absolute atomic E-state index is 12.1. The summed E-state index contributed by atoms with van der Waals surface area (Å²) in [7, 11) is 0. The maximum atomic E-state index is 12.1. The molecule has 0 spiro atoms. The van der Waals surface area contributed by atoms with Crippen molar-refractivity contribution in [3.05, 3.63) is 30.0 Å². The summed E-state index contributed by atoms with van der Waals surface area (Å²) in [5.41, 5.74) is -0.410. The number of ether oxygens (including phenoxy) is 2. The summed E-state index contributed by atoms with van der Waals surface area (Å²) in [4.78, 5) is 24.3. The maximum Gasteiger partial charge on any atom is 0.573 e. The lowest BCUT2D eigenvalue weighted by Crippen LogP contribution is -2.28. The van der Waals surface area contributed by atoms with Gasteiger partial charge in [0.15, 0.2) is 0 Å². The van der Waals surface area contributed by atoms with Gasteiger partial charge >= 0.3 is 24.5 Å². The number of fused-ring (bicyclic) bond motifs is 1. The molecule has 0 saturated carbocycles. The zero-order chi connectivity index (χ0) is 17.4. The quantitative estimate of drug-likeness (QED) is 0.517. The number of H-pyrrole nitrogens is 1. The molecular formula is C12H5F6NO4. The molecule has 1 aromatic carbocycles. The van der Waals surface area contributed by atoms with Gasteiger partial charge in [0, 0.05) is 10.9 Å². The van der Waals surface area contributed by atoms with E-state index in [4.69, 9.17) is 0 Å². The first-order chi connectivity index (χ1) is 10.5. The molecule has 0 bridgehead atoms. The minimum absolute atomic E-state index is 0.0400. The van der Waals surface area contributed by atoms with Crippen LogP contribution in [0.15, 0.2) is 24.3 Å². The van der Waals surface area contributed by atoms with Crippen LogP contribution >= 0.6 is 0 Å². The molecule has 1 N–H and O–H groups in total. The molecule has 2 aromatic rings. The lowest BCUT2D eigenvalue weighted by atomic mass is 10.2. The van der Waals surface area contributed by atoms with E-state index in [0.717, 1.165) is 24.3 Å². The highest BCUT2D eigenvalue weighted by molar-refractivity contribution is 6.00. The lowest BCUT2D eigenvalue weighted by Gasteiger charge is -2.08. The molecule has 5 nitrogen and oxygen atoms in total. The van der Waals surface area contributed by atoms with E-state index < -0.39 is 35.9 Å². The smallest absolute Gasteiger partial charge is 0.406 e. The van der Waals surface area contributed by atoms with E-state index >= 15 is 0 Å². The largest absolute Gasteiger partial charge is 0.573 e. The Balaban J connectivity index is 2.23. The molecule has 0 saturated heterocycles. The number of aromatic amines is 1. The third kappa shape index (κ3) is 4.14. The van der Waals surface area contributed by atoms with Crippen molar-refractivity contribution in [3.63, 3.8) is 0 Å². The number of aromatic nitrogens is 1. The highest BCUT2D eigenvalue weighted by Crippen LogP contribution is 2.27. The minimum Gasteiger partial charge on any atom is -0.406 e. The Kier molecular flexibility index (Phi) is 3.97. The lowest BCUT2D eigenvalue weighted by molar-refractivity contribution is -0.274. The van der Waals surface area contributed by atoms with Crippen LogP contribution in [-0.4, -0.2) is 29.5 Å². The number of hydrogen-bond donors (Lipinski definition) is 1. The van der Waals surface area contributed by atoms with Crippen LogP contribution in [0.3, 0.4) is 0 Å². The van der Waals surface area contributed by atoms with Crippen LogP contribution in [0, 0.1) is 0 Å². The van der Waals surface area contributed by atoms with E-state index in [2.05, 4.69) is 14.5 Å². The summed E-state index contributed by atoms with van der Waals surface area (Å²) in [6, 6.07) is 3.87. The molecule has 23 heavy (non-hydrogen) atoms. The van der Waals surface area contributed by atoms with Crippen LogP contribution in [0.25, 0.3) is 10.9 Å². The van der Waals surface area contributed by atoms with E-state index in [1.54, 1.807) is 0 Å². The second kappa shape index (κ2) is 5.48. The molecular weight excluding hydrogens is 336 g/mol. The second-order valence-corrected chi connectivity index (χ2v) is 4.15. The molecule has 0 aliphatic heterocycles. The van der Waals surface area contributed by atoms with Crippen LogP contribution in [0.5, 0.6) is 5.75 Å². The zero-order valence-electron chi connectivity index (χ0n) is 10.7. The Morgan fingerprint density at radius 1 is 1.00 bits per heavy atom. The SMILES string of the molecule is O=C(OC(=O)C(F)(F)F)c1cc2cc(OC(F)(F)F)ccc2[nH]1. The minimum atomic E-state index is -5.35. The van der Waals surface area contributed by atoms with E-state index in [9.17, 15) is 35.9 Å². The third-order valence-electron chi connectivity index (χ3n) is 2.46. The first-order valence-electron chi connectivity index (χ1n) is 5.67. The predicted molar refractivity (Wildman–Crippen MR) is 61.5 cm³/mol. The number of alkyl halides is 6. The van der Waals surface area contributed by atoms with Crippen molar-refractivity contribution in [1.82, 2.24) is 4.98 Å². The Hall–Kier alpha value is -2.72. The standard InChI is InChI=1S/C12H5F6NO4/c13-11(14,15)10(21)22-9(20)8-4-5-3-6(23-12(16,17)18)1-2-7(5)19-8/h1-4,19H. The van der Waals surface area contributed by atoms with Gasteiger partial charge in [0.25, 0.3) is 0 Å². The van der Waals surface area contributed by atoms with Crippen LogP contribution in [0.2, 0.25) is 0 Å². The van der Waals surface area contributed by atoms with Crippen LogP contribution < -0.4 is 4.74 Å².